The smallest absolute Gasteiger partial charge is 0.258 e. The maximum absolute atomic E-state index is 13.0. The second-order valence-electron chi connectivity index (χ2n) is 8.05. The third-order valence-electron chi connectivity index (χ3n) is 5.78. The number of imidazole rings is 1. The molecule has 1 unspecified atom stereocenters. The molecule has 3 heterocycles. The summed E-state index contributed by atoms with van der Waals surface area (Å²) < 4.78 is 12.9. The van der Waals surface area contributed by atoms with E-state index in [0.29, 0.717) is 41.5 Å². The number of carbonyl (C=O) groups excluding carboxylic acids is 3. The lowest BCUT2D eigenvalue weighted by atomic mass is 10.1. The van der Waals surface area contributed by atoms with Crippen molar-refractivity contribution in [1.29, 1.82) is 0 Å². The summed E-state index contributed by atoms with van der Waals surface area (Å²) in [5.74, 6) is 0.680. The monoisotopic (exact) mass is 461 g/mol. The second-order valence-corrected chi connectivity index (χ2v) is 8.05. The Balaban J connectivity index is 1.58. The molecule has 3 N–H and O–H groups in total. The van der Waals surface area contributed by atoms with E-state index in [-0.39, 0.29) is 30.9 Å². The highest BCUT2D eigenvalue weighted by Gasteiger charge is 2.26. The SMILES string of the molecule is COc1ccc2cc1OCC(=O)NCc1cc(C(=O)NC3CCNC3=O)cc(c1)-n1ccnc1-2. The standard InChI is InChI=1S/C24H23N5O5/c1-33-19-3-2-15-11-20(19)34-13-21(30)27-12-14-8-16(23(31)28-18-4-5-26-24(18)32)10-17(9-14)29-7-6-25-22(15)29/h2-3,6-11,18H,4-5,12-13H2,1H3,(H,26,32)(H,27,30)(H,28,31). The summed E-state index contributed by atoms with van der Waals surface area (Å²) in [6.45, 7) is 0.530. The largest absolute Gasteiger partial charge is 0.493 e. The van der Waals surface area contributed by atoms with Gasteiger partial charge < -0.3 is 25.4 Å². The van der Waals surface area contributed by atoms with Crippen molar-refractivity contribution in [2.75, 3.05) is 20.3 Å². The van der Waals surface area contributed by atoms with E-state index in [1.54, 1.807) is 36.7 Å². The molecule has 1 fully saturated rings. The van der Waals surface area contributed by atoms with Crippen molar-refractivity contribution in [2.24, 2.45) is 0 Å². The minimum Gasteiger partial charge on any atom is -0.493 e. The second kappa shape index (κ2) is 8.89. The number of fused-ring (bicyclic) bond motifs is 7. The molecule has 10 heteroatoms. The van der Waals surface area contributed by atoms with Crippen LogP contribution in [0.5, 0.6) is 11.5 Å². The molecule has 34 heavy (non-hydrogen) atoms. The van der Waals surface area contributed by atoms with Crippen LogP contribution in [-0.2, 0) is 16.1 Å². The Bertz CT molecular complexity index is 1280. The quantitative estimate of drug-likeness (QED) is 0.538. The van der Waals surface area contributed by atoms with Gasteiger partial charge in [0.1, 0.15) is 11.9 Å². The number of carbonyl (C=O) groups is 3. The number of nitrogens with one attached hydrogen (secondary N) is 3. The zero-order valence-corrected chi connectivity index (χ0v) is 18.5. The molecule has 3 amide bonds. The first kappa shape index (κ1) is 21.5. The molecule has 0 aliphatic carbocycles. The highest BCUT2D eigenvalue weighted by Crippen LogP contribution is 2.33. The molecule has 1 aromatic heterocycles. The van der Waals surface area contributed by atoms with E-state index in [1.807, 2.05) is 16.7 Å². The van der Waals surface area contributed by atoms with Gasteiger partial charge in [-0.2, -0.15) is 0 Å². The Morgan fingerprint density at radius 1 is 1.21 bits per heavy atom. The van der Waals surface area contributed by atoms with Gasteiger partial charge in [-0.15, -0.1) is 0 Å². The molecule has 0 saturated carbocycles. The average molecular weight is 461 g/mol. The van der Waals surface area contributed by atoms with Crippen molar-refractivity contribution in [3.63, 3.8) is 0 Å². The van der Waals surface area contributed by atoms with Gasteiger partial charge in [-0.1, -0.05) is 0 Å². The first-order chi connectivity index (χ1) is 16.5. The highest BCUT2D eigenvalue weighted by molar-refractivity contribution is 5.98. The van der Waals surface area contributed by atoms with Crippen LogP contribution in [-0.4, -0.2) is 53.6 Å². The molecule has 5 rings (SSSR count). The molecule has 2 aliphatic rings. The van der Waals surface area contributed by atoms with Gasteiger partial charge in [-0.05, 0) is 48.4 Å². The number of benzene rings is 2. The first-order valence-electron chi connectivity index (χ1n) is 10.9. The summed E-state index contributed by atoms with van der Waals surface area (Å²) >= 11 is 0. The Labute approximate surface area is 195 Å². The number of hydrogen-bond donors (Lipinski definition) is 3. The Hall–Kier alpha value is -4.34. The predicted octanol–water partition coefficient (Wildman–Crippen LogP) is 1.17. The zero-order valence-electron chi connectivity index (χ0n) is 18.5. The molecule has 3 aromatic rings. The van der Waals surface area contributed by atoms with Gasteiger partial charge in [0, 0.05) is 42.3 Å². The molecule has 0 spiro atoms. The molecule has 4 bridgehead atoms. The maximum atomic E-state index is 13.0. The van der Waals surface area contributed by atoms with E-state index in [1.165, 1.54) is 7.11 Å². The fourth-order valence-electron chi connectivity index (χ4n) is 4.07. The zero-order chi connectivity index (χ0) is 23.7. The van der Waals surface area contributed by atoms with Crippen molar-refractivity contribution in [3.8, 4) is 28.6 Å². The van der Waals surface area contributed by atoms with Crippen LogP contribution in [0.2, 0.25) is 0 Å². The van der Waals surface area contributed by atoms with E-state index in [0.717, 1.165) is 11.1 Å². The number of nitrogens with zero attached hydrogens (tertiary/aromatic N) is 2. The fourth-order valence-corrected chi connectivity index (χ4v) is 4.07. The number of methoxy groups -OCH3 is 1. The average Bonchev–Trinajstić information content (AvgIpc) is 3.50. The minimum absolute atomic E-state index is 0.192. The van der Waals surface area contributed by atoms with E-state index in [9.17, 15) is 14.4 Å². The minimum atomic E-state index is -0.563. The fraction of sp³-hybridized carbons (Fsp3) is 0.250. The van der Waals surface area contributed by atoms with Crippen molar-refractivity contribution in [2.45, 2.75) is 19.0 Å². The van der Waals surface area contributed by atoms with E-state index >= 15 is 0 Å². The van der Waals surface area contributed by atoms with Gasteiger partial charge in [-0.25, -0.2) is 4.98 Å². The number of rotatable bonds is 3. The number of ether oxygens (including phenoxy) is 2. The highest BCUT2D eigenvalue weighted by atomic mass is 16.5. The maximum Gasteiger partial charge on any atom is 0.258 e. The number of aromatic nitrogens is 2. The van der Waals surface area contributed by atoms with Crippen molar-refractivity contribution < 1.29 is 23.9 Å². The normalized spacial score (nSPS) is 17.1. The summed E-state index contributed by atoms with van der Waals surface area (Å²) in [5.41, 5.74) is 2.54. The predicted molar refractivity (Wildman–Crippen MR) is 122 cm³/mol. The van der Waals surface area contributed by atoms with Crippen molar-refractivity contribution >= 4 is 17.7 Å². The van der Waals surface area contributed by atoms with Crippen LogP contribution < -0.4 is 25.4 Å². The molecular formula is C24H23N5O5. The van der Waals surface area contributed by atoms with E-state index in [2.05, 4.69) is 20.9 Å². The van der Waals surface area contributed by atoms with Gasteiger partial charge in [0.15, 0.2) is 18.1 Å². The molecule has 0 radical (unpaired) electrons. The Kier molecular flexibility index (Phi) is 5.62. The van der Waals surface area contributed by atoms with Crippen LogP contribution in [0, 0.1) is 0 Å². The Morgan fingerprint density at radius 2 is 2.09 bits per heavy atom. The van der Waals surface area contributed by atoms with Gasteiger partial charge in [0.05, 0.1) is 7.11 Å². The van der Waals surface area contributed by atoms with Gasteiger partial charge in [0.25, 0.3) is 11.8 Å². The summed E-state index contributed by atoms with van der Waals surface area (Å²) in [6.07, 6.45) is 4.01. The van der Waals surface area contributed by atoms with Crippen molar-refractivity contribution in [1.82, 2.24) is 25.5 Å². The van der Waals surface area contributed by atoms with Crippen LogP contribution >= 0.6 is 0 Å². The van der Waals surface area contributed by atoms with Crippen LogP contribution in [0.15, 0.2) is 48.8 Å². The van der Waals surface area contributed by atoms with E-state index < -0.39 is 6.04 Å². The lowest BCUT2D eigenvalue weighted by Crippen LogP contribution is -2.40. The Morgan fingerprint density at radius 3 is 2.88 bits per heavy atom. The number of amides is 3. The van der Waals surface area contributed by atoms with Crippen LogP contribution in [0.25, 0.3) is 17.1 Å². The molecule has 10 nitrogen and oxygen atoms in total. The lowest BCUT2D eigenvalue weighted by Gasteiger charge is -2.15. The summed E-state index contributed by atoms with van der Waals surface area (Å²) in [5, 5.41) is 8.32. The summed E-state index contributed by atoms with van der Waals surface area (Å²) in [7, 11) is 1.53. The molecule has 1 atom stereocenters. The van der Waals surface area contributed by atoms with Crippen LogP contribution in [0.1, 0.15) is 22.3 Å². The third kappa shape index (κ3) is 4.17. The summed E-state index contributed by atoms with van der Waals surface area (Å²) in [6, 6.07) is 10.1. The van der Waals surface area contributed by atoms with Crippen molar-refractivity contribution in [3.05, 3.63) is 59.9 Å². The molecule has 1 saturated heterocycles. The first-order valence-corrected chi connectivity index (χ1v) is 10.9. The molecular weight excluding hydrogens is 438 g/mol. The topological polar surface area (TPSA) is 124 Å². The molecule has 174 valence electrons. The van der Waals surface area contributed by atoms with Gasteiger partial charge >= 0.3 is 0 Å². The van der Waals surface area contributed by atoms with Gasteiger partial charge in [0.2, 0.25) is 5.91 Å². The summed E-state index contributed by atoms with van der Waals surface area (Å²) in [4.78, 5) is 41.8. The molecule has 2 aliphatic heterocycles. The third-order valence-corrected chi connectivity index (χ3v) is 5.78. The van der Waals surface area contributed by atoms with Crippen LogP contribution in [0.4, 0.5) is 0 Å². The molecule has 2 aromatic carbocycles. The van der Waals surface area contributed by atoms with E-state index in [4.69, 9.17) is 9.47 Å². The number of hydrogen-bond acceptors (Lipinski definition) is 6. The van der Waals surface area contributed by atoms with Crippen LogP contribution in [0.3, 0.4) is 0 Å². The van der Waals surface area contributed by atoms with Gasteiger partial charge in [-0.3, -0.25) is 19.0 Å². The lowest BCUT2D eigenvalue weighted by molar-refractivity contribution is -0.123.